The minimum Gasteiger partial charge on any atom is -0.508 e. The van der Waals surface area contributed by atoms with Gasteiger partial charge in [0.05, 0.1) is 0 Å². The van der Waals surface area contributed by atoms with E-state index >= 15 is 0 Å². The van der Waals surface area contributed by atoms with Gasteiger partial charge < -0.3 is 50.9 Å². The number of carbonyl (C=O) groups is 2. The first kappa shape index (κ1) is 38.1. The average Bonchev–Trinajstić information content (AvgIpc) is 3.53. The van der Waals surface area contributed by atoms with Crippen molar-refractivity contribution in [1.29, 1.82) is 0 Å². The molecule has 12 nitrogen and oxygen atoms in total. The van der Waals surface area contributed by atoms with Crippen LogP contribution in [0.2, 0.25) is 0 Å². The van der Waals surface area contributed by atoms with Crippen LogP contribution >= 0.6 is 0 Å². The van der Waals surface area contributed by atoms with Crippen molar-refractivity contribution >= 4 is 29.7 Å². The first-order valence-corrected chi connectivity index (χ1v) is 18.9. The number of rotatable bonds is 10. The first-order valence-electron chi connectivity index (χ1n) is 18.9. The van der Waals surface area contributed by atoms with Gasteiger partial charge in [0, 0.05) is 40.6 Å². The molecule has 0 saturated heterocycles. The summed E-state index contributed by atoms with van der Waals surface area (Å²) in [5.74, 6) is -5.23. The number of nitrogens with one attached hydrogen (secondary N) is 1. The highest BCUT2D eigenvalue weighted by Crippen LogP contribution is 2.58. The molecule has 9 N–H and O–H groups in total. The second-order valence-electron chi connectivity index (χ2n) is 14.9. The van der Waals surface area contributed by atoms with Crippen LogP contribution in [0, 0.1) is 0 Å². The molecule has 0 aromatic heterocycles. The summed E-state index contributed by atoms with van der Waals surface area (Å²) in [6.45, 7) is 2.38. The number of carbonyl (C=O) groups excluding carboxylic acids is 1. The molecule has 0 heterocycles. The van der Waals surface area contributed by atoms with Gasteiger partial charge >= 0.3 is 11.9 Å². The summed E-state index contributed by atoms with van der Waals surface area (Å²) in [7, 11) is 0. The number of hydrogen-bond acceptors (Lipinski definition) is 11. The number of aromatic hydroxyl groups is 7. The predicted molar refractivity (Wildman–Crippen MR) is 209 cm³/mol. The summed E-state index contributed by atoms with van der Waals surface area (Å²) in [4.78, 5) is 26.0. The Bertz CT molecular complexity index is 2290. The highest BCUT2D eigenvalue weighted by atomic mass is 16.6. The van der Waals surface area contributed by atoms with E-state index in [1.54, 1.807) is 12.1 Å². The van der Waals surface area contributed by atoms with E-state index in [1.807, 2.05) is 19.1 Å². The van der Waals surface area contributed by atoms with Gasteiger partial charge in [-0.1, -0.05) is 44.0 Å². The van der Waals surface area contributed by atoms with Crippen molar-refractivity contribution in [2.75, 3.05) is 13.1 Å². The summed E-state index contributed by atoms with van der Waals surface area (Å²) in [6.07, 6.45) is 7.80. The van der Waals surface area contributed by atoms with E-state index in [4.69, 9.17) is 4.74 Å². The second kappa shape index (κ2) is 15.2. The van der Waals surface area contributed by atoms with Gasteiger partial charge in [-0.2, -0.15) is 0 Å². The summed E-state index contributed by atoms with van der Waals surface area (Å²) in [5.41, 5.74) is 5.29. The van der Waals surface area contributed by atoms with E-state index in [-0.39, 0.29) is 41.0 Å². The zero-order chi connectivity index (χ0) is 39.9. The third kappa shape index (κ3) is 6.85. The van der Waals surface area contributed by atoms with Crippen LogP contribution in [0.4, 0.5) is 0 Å². The Morgan fingerprint density at radius 3 is 2.27 bits per heavy atom. The van der Waals surface area contributed by atoms with Crippen LogP contribution < -0.4 is 5.32 Å². The molecule has 0 amide bonds. The Labute approximate surface area is 323 Å². The first-order chi connectivity index (χ1) is 26.8. The molecule has 0 aliphatic heterocycles. The molecule has 2 atom stereocenters. The minimum atomic E-state index is -1.69. The standard InChI is InChI=1S/C44H45NO11/c1-2-45-22-31(24-11-13-33(47)34(48)18-24)42(43(54)55)56-37(51)14-12-23-19-35(49)41(53)39-30(23)17-25(21-44(39)15-3-4-16-44)29-20-36(50)40(52)28-9-5-7-26-27(38(28)29)8-6-10-32(26)46/h6,8,10-14,17-20,31,42,45-50,52-53H,2-5,7,9,15-16,21-22H2,1H3,(H,54,55). The van der Waals surface area contributed by atoms with Crippen molar-refractivity contribution < 1.29 is 55.2 Å². The van der Waals surface area contributed by atoms with Gasteiger partial charge in [0.15, 0.2) is 34.5 Å². The average molecular weight is 764 g/mol. The number of carboxylic acids is 1. The molecule has 4 aromatic carbocycles. The quantitative estimate of drug-likeness (QED) is 0.0456. The van der Waals surface area contributed by atoms with E-state index in [9.17, 15) is 50.4 Å². The van der Waals surface area contributed by atoms with Crippen molar-refractivity contribution in [3.63, 3.8) is 0 Å². The van der Waals surface area contributed by atoms with E-state index in [1.165, 1.54) is 36.4 Å². The topological polar surface area (TPSA) is 217 Å². The largest absolute Gasteiger partial charge is 0.508 e. The van der Waals surface area contributed by atoms with Gasteiger partial charge in [-0.25, -0.2) is 9.59 Å². The molecule has 4 aromatic rings. The number of allylic oxidation sites excluding steroid dienone is 1. The molecule has 0 bridgehead atoms. The zero-order valence-electron chi connectivity index (χ0n) is 30.9. The molecule has 7 rings (SSSR count). The van der Waals surface area contributed by atoms with Crippen LogP contribution in [0.25, 0.3) is 28.9 Å². The molecule has 1 spiro atoms. The third-order valence-corrected chi connectivity index (χ3v) is 11.6. The molecule has 2 unspecified atom stereocenters. The van der Waals surface area contributed by atoms with Crippen molar-refractivity contribution in [2.24, 2.45) is 0 Å². The normalized spacial score (nSPS) is 16.7. The van der Waals surface area contributed by atoms with Crippen LogP contribution in [0.3, 0.4) is 0 Å². The Hall–Kier alpha value is -6.14. The molecule has 12 heteroatoms. The van der Waals surface area contributed by atoms with Gasteiger partial charge in [0.1, 0.15) is 5.75 Å². The lowest BCUT2D eigenvalue weighted by atomic mass is 9.66. The molecule has 0 radical (unpaired) electrons. The number of likely N-dealkylation sites (N-methyl/N-ethyl adjacent to an activating group) is 1. The SMILES string of the molecule is CCNCC(c1ccc(O)c(O)c1)C(OC(=O)C=Cc1cc(O)c(O)c2c1C=C(c1cc(O)c(O)c3c1-c1cccc(O)c1CCC3)CC21CCCC1)C(=O)O. The summed E-state index contributed by atoms with van der Waals surface area (Å²) in [5, 5.41) is 88.8. The number of hydrogen-bond donors (Lipinski definition) is 9. The van der Waals surface area contributed by atoms with Crippen LogP contribution in [0.15, 0.2) is 54.6 Å². The Morgan fingerprint density at radius 2 is 1.55 bits per heavy atom. The van der Waals surface area contributed by atoms with E-state index < -0.39 is 35.1 Å². The van der Waals surface area contributed by atoms with Gasteiger partial charge in [-0.05, 0) is 120 Å². The predicted octanol–water partition coefficient (Wildman–Crippen LogP) is 6.94. The molecule has 3 aliphatic carbocycles. The molecule has 1 saturated carbocycles. The number of phenols is 7. The smallest absolute Gasteiger partial charge is 0.345 e. The summed E-state index contributed by atoms with van der Waals surface area (Å²) < 4.78 is 5.53. The molecule has 292 valence electrons. The number of phenolic OH excluding ortho intramolecular Hbond substituents is 7. The minimum absolute atomic E-state index is 0.0737. The van der Waals surface area contributed by atoms with E-state index in [0.29, 0.717) is 84.0 Å². The van der Waals surface area contributed by atoms with Gasteiger partial charge in [0.25, 0.3) is 0 Å². The maximum atomic E-state index is 13.4. The zero-order valence-corrected chi connectivity index (χ0v) is 30.9. The number of fused-ring (bicyclic) bond motifs is 5. The van der Waals surface area contributed by atoms with Gasteiger partial charge in [0.2, 0.25) is 6.10 Å². The Balaban J connectivity index is 1.33. The number of benzene rings is 4. The Morgan fingerprint density at radius 1 is 0.821 bits per heavy atom. The maximum Gasteiger partial charge on any atom is 0.345 e. The molecule has 3 aliphatic rings. The number of aliphatic carboxylic acids is 1. The molecular weight excluding hydrogens is 718 g/mol. The van der Waals surface area contributed by atoms with Crippen molar-refractivity contribution in [1.82, 2.24) is 5.32 Å². The van der Waals surface area contributed by atoms with Crippen molar-refractivity contribution in [3.8, 4) is 51.4 Å². The van der Waals surface area contributed by atoms with Crippen LogP contribution in [-0.2, 0) is 32.6 Å². The lowest BCUT2D eigenvalue weighted by Crippen LogP contribution is -2.38. The van der Waals surface area contributed by atoms with Gasteiger partial charge in [-0.15, -0.1) is 0 Å². The fourth-order valence-corrected chi connectivity index (χ4v) is 8.98. The van der Waals surface area contributed by atoms with Crippen molar-refractivity contribution in [2.45, 2.75) is 75.7 Å². The lowest BCUT2D eigenvalue weighted by molar-refractivity contribution is -0.162. The van der Waals surface area contributed by atoms with Crippen LogP contribution in [-0.4, -0.2) is 72.0 Å². The number of carboxylic acid groups (broad SMARTS) is 1. The highest BCUT2D eigenvalue weighted by Gasteiger charge is 2.44. The van der Waals surface area contributed by atoms with E-state index in [0.717, 1.165) is 35.6 Å². The Kier molecular flexibility index (Phi) is 10.3. The van der Waals surface area contributed by atoms with Crippen molar-refractivity contribution in [3.05, 3.63) is 93.6 Å². The lowest BCUT2D eigenvalue weighted by Gasteiger charge is -2.38. The number of esters is 1. The molecular formula is C44H45NO11. The molecule has 56 heavy (non-hydrogen) atoms. The maximum absolute atomic E-state index is 13.4. The summed E-state index contributed by atoms with van der Waals surface area (Å²) in [6, 6.07) is 12.0. The van der Waals surface area contributed by atoms with Gasteiger partial charge in [-0.3, -0.25) is 0 Å². The van der Waals surface area contributed by atoms with Crippen LogP contribution in [0.1, 0.15) is 90.3 Å². The van der Waals surface area contributed by atoms with E-state index in [2.05, 4.69) is 5.32 Å². The summed E-state index contributed by atoms with van der Waals surface area (Å²) >= 11 is 0. The second-order valence-corrected chi connectivity index (χ2v) is 14.9. The monoisotopic (exact) mass is 763 g/mol. The highest BCUT2D eigenvalue weighted by molar-refractivity contribution is 5.98. The fourth-order valence-electron chi connectivity index (χ4n) is 8.98. The third-order valence-electron chi connectivity index (χ3n) is 11.6. The van der Waals surface area contributed by atoms with Crippen LogP contribution in [0.5, 0.6) is 40.2 Å². The molecule has 1 fully saturated rings. The number of ether oxygens (including phenoxy) is 1. The fraction of sp³-hybridized carbons (Fsp3) is 0.318.